The molecule has 2 aromatic carbocycles. The number of carbonyl (C=O) groups is 2. The summed E-state index contributed by atoms with van der Waals surface area (Å²) in [6, 6.07) is 12.0. The number of halogens is 1. The van der Waals surface area contributed by atoms with Crippen LogP contribution in [0.4, 0.5) is 11.4 Å². The van der Waals surface area contributed by atoms with Gasteiger partial charge in [-0.1, -0.05) is 15.9 Å². The van der Waals surface area contributed by atoms with Gasteiger partial charge in [-0.3, -0.25) is 9.59 Å². The Morgan fingerprint density at radius 1 is 1.00 bits per heavy atom. The van der Waals surface area contributed by atoms with Crippen molar-refractivity contribution in [1.29, 1.82) is 0 Å². The molecule has 0 aromatic heterocycles. The third-order valence-corrected chi connectivity index (χ3v) is 3.42. The molecule has 0 saturated heterocycles. The number of hydrogen-bond donors (Lipinski definition) is 2. The Bertz CT molecular complexity index is 699. The highest BCUT2D eigenvalue weighted by molar-refractivity contribution is 9.10. The van der Waals surface area contributed by atoms with Crippen LogP contribution in [0.5, 0.6) is 5.75 Å². The highest BCUT2D eigenvalue weighted by atomic mass is 79.9. The second kappa shape index (κ2) is 7.09. The van der Waals surface area contributed by atoms with Gasteiger partial charge in [-0.2, -0.15) is 0 Å². The van der Waals surface area contributed by atoms with Crippen molar-refractivity contribution in [2.75, 3.05) is 17.7 Å². The fraction of sp³-hybridized carbons (Fsp3) is 0.125. The van der Waals surface area contributed by atoms with Crippen molar-refractivity contribution in [1.82, 2.24) is 0 Å². The van der Waals surface area contributed by atoms with Gasteiger partial charge in [0.05, 0.1) is 18.5 Å². The van der Waals surface area contributed by atoms with Crippen molar-refractivity contribution in [3.8, 4) is 5.75 Å². The van der Waals surface area contributed by atoms with Gasteiger partial charge in [-0.25, -0.2) is 0 Å². The van der Waals surface area contributed by atoms with Gasteiger partial charge >= 0.3 is 0 Å². The Labute approximate surface area is 136 Å². The largest absolute Gasteiger partial charge is 0.497 e. The molecule has 0 atom stereocenters. The minimum Gasteiger partial charge on any atom is -0.497 e. The standard InChI is InChI=1S/C16H15BrN2O3/c1-10(20)18-14-8-7-13(22-2)9-15(14)19-16(21)11-3-5-12(17)6-4-11/h3-9H,1-2H3,(H,18,20)(H,19,21). The van der Waals surface area contributed by atoms with Gasteiger partial charge in [-0.15, -0.1) is 0 Å². The van der Waals surface area contributed by atoms with Crippen molar-refractivity contribution in [3.63, 3.8) is 0 Å². The van der Waals surface area contributed by atoms with Gasteiger partial charge in [-0.05, 0) is 36.4 Å². The number of methoxy groups -OCH3 is 1. The summed E-state index contributed by atoms with van der Waals surface area (Å²) in [6.45, 7) is 1.41. The first kappa shape index (κ1) is 16.0. The number of nitrogens with one attached hydrogen (secondary N) is 2. The van der Waals surface area contributed by atoms with Crippen LogP contribution in [0.1, 0.15) is 17.3 Å². The highest BCUT2D eigenvalue weighted by Gasteiger charge is 2.11. The third-order valence-electron chi connectivity index (χ3n) is 2.89. The number of rotatable bonds is 4. The van der Waals surface area contributed by atoms with Crippen LogP contribution in [0.25, 0.3) is 0 Å². The Morgan fingerprint density at radius 2 is 1.68 bits per heavy atom. The summed E-state index contributed by atoms with van der Waals surface area (Å²) < 4.78 is 6.04. The lowest BCUT2D eigenvalue weighted by Crippen LogP contribution is -2.15. The van der Waals surface area contributed by atoms with Gasteiger partial charge < -0.3 is 15.4 Å². The zero-order valence-electron chi connectivity index (χ0n) is 12.1. The molecule has 0 heterocycles. The van der Waals surface area contributed by atoms with E-state index in [9.17, 15) is 9.59 Å². The normalized spacial score (nSPS) is 9.95. The summed E-state index contributed by atoms with van der Waals surface area (Å²) in [7, 11) is 1.54. The highest BCUT2D eigenvalue weighted by Crippen LogP contribution is 2.27. The summed E-state index contributed by atoms with van der Waals surface area (Å²) >= 11 is 3.32. The van der Waals surface area contributed by atoms with E-state index in [1.165, 1.54) is 14.0 Å². The molecule has 5 nitrogen and oxygen atoms in total. The fourth-order valence-electron chi connectivity index (χ4n) is 1.85. The fourth-order valence-corrected chi connectivity index (χ4v) is 2.11. The molecule has 22 heavy (non-hydrogen) atoms. The van der Waals surface area contributed by atoms with Crippen LogP contribution in [0, 0.1) is 0 Å². The number of ether oxygens (including phenoxy) is 1. The molecule has 0 fully saturated rings. The monoisotopic (exact) mass is 362 g/mol. The molecule has 2 aromatic rings. The van der Waals surface area contributed by atoms with Crippen LogP contribution < -0.4 is 15.4 Å². The number of amides is 2. The van der Waals surface area contributed by atoms with E-state index in [4.69, 9.17) is 4.74 Å². The molecule has 0 bridgehead atoms. The first-order valence-electron chi connectivity index (χ1n) is 6.52. The van der Waals surface area contributed by atoms with Crippen LogP contribution in [0.15, 0.2) is 46.9 Å². The van der Waals surface area contributed by atoms with E-state index in [2.05, 4.69) is 26.6 Å². The molecule has 0 aliphatic carbocycles. The van der Waals surface area contributed by atoms with Gasteiger partial charge in [0.15, 0.2) is 0 Å². The zero-order valence-corrected chi connectivity index (χ0v) is 13.7. The first-order chi connectivity index (χ1) is 10.5. The topological polar surface area (TPSA) is 67.4 Å². The van der Waals surface area contributed by atoms with Gasteiger partial charge in [0.25, 0.3) is 5.91 Å². The smallest absolute Gasteiger partial charge is 0.255 e. The van der Waals surface area contributed by atoms with Crippen LogP contribution in [0.2, 0.25) is 0 Å². The Balaban J connectivity index is 2.27. The van der Waals surface area contributed by atoms with Crippen LogP contribution in [-0.2, 0) is 4.79 Å². The van der Waals surface area contributed by atoms with Crippen LogP contribution in [-0.4, -0.2) is 18.9 Å². The Hall–Kier alpha value is -2.34. The quantitative estimate of drug-likeness (QED) is 0.871. The molecule has 2 N–H and O–H groups in total. The predicted molar refractivity (Wildman–Crippen MR) is 89.4 cm³/mol. The van der Waals surface area contributed by atoms with E-state index in [1.54, 1.807) is 42.5 Å². The van der Waals surface area contributed by atoms with Gasteiger partial charge in [0.2, 0.25) is 5.91 Å². The molecule has 0 aliphatic rings. The van der Waals surface area contributed by atoms with Crippen molar-refractivity contribution < 1.29 is 14.3 Å². The average molecular weight is 363 g/mol. The number of anilines is 2. The van der Waals surface area contributed by atoms with Gasteiger partial charge in [0, 0.05) is 23.0 Å². The summed E-state index contributed by atoms with van der Waals surface area (Å²) in [5.41, 5.74) is 1.50. The van der Waals surface area contributed by atoms with E-state index in [0.717, 1.165) is 4.47 Å². The third kappa shape index (κ3) is 4.08. The summed E-state index contributed by atoms with van der Waals surface area (Å²) in [5, 5.41) is 5.45. The molecule has 0 saturated carbocycles. The summed E-state index contributed by atoms with van der Waals surface area (Å²) in [5.74, 6) is 0.0943. The molecular weight excluding hydrogens is 348 g/mol. The molecular formula is C16H15BrN2O3. The lowest BCUT2D eigenvalue weighted by Gasteiger charge is -2.13. The van der Waals surface area contributed by atoms with Crippen molar-refractivity contribution in [3.05, 3.63) is 52.5 Å². The lowest BCUT2D eigenvalue weighted by atomic mass is 10.2. The van der Waals surface area contributed by atoms with Crippen molar-refractivity contribution >= 4 is 39.1 Å². The van der Waals surface area contributed by atoms with E-state index in [-0.39, 0.29) is 11.8 Å². The Morgan fingerprint density at radius 3 is 2.27 bits per heavy atom. The second-order valence-corrected chi connectivity index (χ2v) is 5.47. The Kier molecular flexibility index (Phi) is 5.16. The maximum Gasteiger partial charge on any atom is 0.255 e. The minimum absolute atomic E-state index is 0.218. The molecule has 2 amide bonds. The van der Waals surface area contributed by atoms with Crippen LogP contribution >= 0.6 is 15.9 Å². The maximum absolute atomic E-state index is 12.3. The number of carbonyl (C=O) groups excluding carboxylic acids is 2. The second-order valence-electron chi connectivity index (χ2n) is 4.55. The molecule has 2 rings (SSSR count). The van der Waals surface area contributed by atoms with E-state index in [1.807, 2.05) is 0 Å². The SMILES string of the molecule is COc1ccc(NC(C)=O)c(NC(=O)c2ccc(Br)cc2)c1. The first-order valence-corrected chi connectivity index (χ1v) is 7.31. The molecule has 0 radical (unpaired) electrons. The molecule has 0 spiro atoms. The zero-order chi connectivity index (χ0) is 16.1. The van der Waals surface area contributed by atoms with E-state index < -0.39 is 0 Å². The minimum atomic E-state index is -0.271. The predicted octanol–water partition coefficient (Wildman–Crippen LogP) is 3.67. The molecule has 0 aliphatic heterocycles. The van der Waals surface area contributed by atoms with Crippen LogP contribution in [0.3, 0.4) is 0 Å². The average Bonchev–Trinajstić information content (AvgIpc) is 2.49. The summed E-state index contributed by atoms with van der Waals surface area (Å²) in [6.07, 6.45) is 0. The number of hydrogen-bond acceptors (Lipinski definition) is 3. The number of benzene rings is 2. The van der Waals surface area contributed by atoms with Crippen molar-refractivity contribution in [2.24, 2.45) is 0 Å². The maximum atomic E-state index is 12.3. The molecule has 6 heteroatoms. The van der Waals surface area contributed by atoms with Crippen molar-refractivity contribution in [2.45, 2.75) is 6.92 Å². The van der Waals surface area contributed by atoms with Gasteiger partial charge in [0.1, 0.15) is 5.75 Å². The molecule has 0 unspecified atom stereocenters. The molecule has 114 valence electrons. The van der Waals surface area contributed by atoms with E-state index in [0.29, 0.717) is 22.7 Å². The lowest BCUT2D eigenvalue weighted by molar-refractivity contribution is -0.114. The summed E-state index contributed by atoms with van der Waals surface area (Å²) in [4.78, 5) is 23.5. The van der Waals surface area contributed by atoms with E-state index >= 15 is 0 Å².